The molecule has 5 heteroatoms. The summed E-state index contributed by atoms with van der Waals surface area (Å²) in [6.45, 7) is 1.91. The lowest BCUT2D eigenvalue weighted by Gasteiger charge is -2.24. The van der Waals surface area contributed by atoms with Crippen LogP contribution in [-0.2, 0) is 0 Å². The van der Waals surface area contributed by atoms with E-state index in [1.54, 1.807) is 6.92 Å². The van der Waals surface area contributed by atoms with Crippen molar-refractivity contribution in [3.8, 4) is 17.7 Å². The fourth-order valence-electron chi connectivity index (χ4n) is 2.45. The molecule has 1 aliphatic rings. The number of ether oxygens (including phenoxy) is 2. The number of hydrogen-bond donors (Lipinski definition) is 1. The predicted molar refractivity (Wildman–Crippen MR) is 82.7 cm³/mol. The summed E-state index contributed by atoms with van der Waals surface area (Å²) < 4.78 is 11.4. The molecule has 2 aromatic rings. The highest BCUT2D eigenvalue weighted by atomic mass is 16.7. The van der Waals surface area contributed by atoms with E-state index in [0.29, 0.717) is 5.84 Å². The first kappa shape index (κ1) is 14.0. The van der Waals surface area contributed by atoms with E-state index in [-0.39, 0.29) is 12.8 Å². The Labute approximate surface area is 128 Å². The van der Waals surface area contributed by atoms with E-state index in [0.717, 1.165) is 22.6 Å². The molecule has 0 bridgehead atoms. The van der Waals surface area contributed by atoms with Crippen molar-refractivity contribution >= 4 is 5.84 Å². The lowest BCUT2D eigenvalue weighted by atomic mass is 9.97. The van der Waals surface area contributed by atoms with Crippen LogP contribution in [0.25, 0.3) is 0 Å². The highest BCUT2D eigenvalue weighted by Crippen LogP contribution is 2.39. The van der Waals surface area contributed by atoms with Crippen molar-refractivity contribution in [2.24, 2.45) is 4.99 Å². The molecule has 22 heavy (non-hydrogen) atoms. The van der Waals surface area contributed by atoms with Crippen LogP contribution in [0.5, 0.6) is 11.5 Å². The quantitative estimate of drug-likeness (QED) is 0.380. The van der Waals surface area contributed by atoms with Gasteiger partial charge in [0.05, 0.1) is 0 Å². The summed E-state index contributed by atoms with van der Waals surface area (Å²) in [5, 5.41) is 11.3. The number of fused-ring (bicyclic) bond motifs is 2. The second-order valence-corrected chi connectivity index (χ2v) is 4.84. The molecule has 0 radical (unpaired) electrons. The Bertz CT molecular complexity index is 702. The fourth-order valence-corrected chi connectivity index (χ4v) is 2.45. The van der Waals surface area contributed by atoms with Gasteiger partial charge >= 0.3 is 0 Å². The third-order valence-corrected chi connectivity index (χ3v) is 3.42. The Morgan fingerprint density at radius 1 is 1.09 bits per heavy atom. The number of nitrogens with zero attached hydrogens (tertiary/aromatic N) is 2. The molecule has 0 fully saturated rings. The van der Waals surface area contributed by atoms with Crippen LogP contribution in [0.2, 0.25) is 0 Å². The van der Waals surface area contributed by atoms with Gasteiger partial charge in [0.2, 0.25) is 6.79 Å². The minimum absolute atomic E-state index is 0.153. The number of benzene rings is 2. The number of para-hydroxylation sites is 2. The van der Waals surface area contributed by atoms with Crippen molar-refractivity contribution in [3.63, 3.8) is 0 Å². The molecular weight excluding hydrogens is 278 g/mol. The van der Waals surface area contributed by atoms with E-state index in [2.05, 4.69) is 10.3 Å². The molecule has 2 aromatic carbocycles. The van der Waals surface area contributed by atoms with E-state index >= 15 is 0 Å². The van der Waals surface area contributed by atoms with Gasteiger partial charge in [-0.2, -0.15) is 5.26 Å². The number of nitrogens with one attached hydrogen (secondary N) is 1. The molecule has 1 N–H and O–H groups in total. The first-order valence-corrected chi connectivity index (χ1v) is 6.92. The molecule has 0 atom stereocenters. The summed E-state index contributed by atoms with van der Waals surface area (Å²) in [6, 6.07) is 15.2. The third kappa shape index (κ3) is 2.72. The molecule has 0 aromatic heterocycles. The molecule has 1 heterocycles. The van der Waals surface area contributed by atoms with Gasteiger partial charge in [0.15, 0.2) is 6.19 Å². The lowest BCUT2D eigenvalue weighted by Crippen LogP contribution is -2.18. The number of hydrogen-bond acceptors (Lipinski definition) is 4. The van der Waals surface area contributed by atoms with Crippen LogP contribution in [0.15, 0.2) is 53.5 Å². The first-order chi connectivity index (χ1) is 10.8. The van der Waals surface area contributed by atoms with Crippen LogP contribution in [0.1, 0.15) is 24.1 Å². The van der Waals surface area contributed by atoms with E-state index < -0.39 is 0 Å². The minimum Gasteiger partial charge on any atom is -0.457 e. The van der Waals surface area contributed by atoms with Crippen molar-refractivity contribution in [3.05, 3.63) is 59.7 Å². The zero-order valence-electron chi connectivity index (χ0n) is 12.1. The van der Waals surface area contributed by atoms with Crippen LogP contribution in [-0.4, -0.2) is 12.6 Å². The average molecular weight is 293 g/mol. The summed E-state index contributed by atoms with van der Waals surface area (Å²) in [5.41, 5.74) is 1.88. The van der Waals surface area contributed by atoms with Crippen LogP contribution < -0.4 is 14.8 Å². The Morgan fingerprint density at radius 2 is 1.64 bits per heavy atom. The molecule has 0 unspecified atom stereocenters. The smallest absolute Gasteiger partial charge is 0.230 e. The number of nitriles is 1. The largest absolute Gasteiger partial charge is 0.457 e. The second kappa shape index (κ2) is 6.19. The molecule has 0 saturated carbocycles. The van der Waals surface area contributed by atoms with Crippen molar-refractivity contribution in [2.45, 2.75) is 13.0 Å². The van der Waals surface area contributed by atoms with Crippen LogP contribution in [0.4, 0.5) is 0 Å². The van der Waals surface area contributed by atoms with Gasteiger partial charge in [-0.1, -0.05) is 36.4 Å². The van der Waals surface area contributed by atoms with Gasteiger partial charge in [-0.3, -0.25) is 10.3 Å². The van der Waals surface area contributed by atoms with Gasteiger partial charge in [0.1, 0.15) is 23.4 Å². The van der Waals surface area contributed by atoms with Crippen molar-refractivity contribution < 1.29 is 9.47 Å². The maximum Gasteiger partial charge on any atom is 0.230 e. The third-order valence-electron chi connectivity index (χ3n) is 3.42. The maximum absolute atomic E-state index is 8.77. The number of amidine groups is 1. The van der Waals surface area contributed by atoms with Gasteiger partial charge in [0.25, 0.3) is 0 Å². The SMILES string of the molecule is CC(=NC1c2ccccc2OCOc2ccccc21)NC#N. The van der Waals surface area contributed by atoms with Gasteiger partial charge in [-0.25, -0.2) is 0 Å². The summed E-state index contributed by atoms with van der Waals surface area (Å²) in [6.07, 6.45) is 1.89. The molecule has 0 amide bonds. The summed E-state index contributed by atoms with van der Waals surface area (Å²) in [4.78, 5) is 4.63. The molecule has 3 rings (SSSR count). The van der Waals surface area contributed by atoms with Gasteiger partial charge in [0, 0.05) is 11.1 Å². The highest BCUT2D eigenvalue weighted by Gasteiger charge is 2.23. The van der Waals surface area contributed by atoms with Gasteiger partial charge < -0.3 is 9.47 Å². The Hall–Kier alpha value is -3.00. The standard InChI is InChI=1S/C17H15N3O2/c1-12(19-10-18)20-17-13-6-2-4-8-15(13)21-11-22-16-9-5-3-7-14(16)17/h2-9,17H,11H2,1H3,(H,19,20). The van der Waals surface area contributed by atoms with Crippen molar-refractivity contribution in [1.82, 2.24) is 5.32 Å². The Balaban J connectivity index is 2.16. The fraction of sp³-hybridized carbons (Fsp3) is 0.176. The lowest BCUT2D eigenvalue weighted by molar-refractivity contribution is 0.114. The van der Waals surface area contributed by atoms with E-state index in [9.17, 15) is 0 Å². The van der Waals surface area contributed by atoms with Crippen LogP contribution >= 0.6 is 0 Å². The number of rotatable bonds is 1. The van der Waals surface area contributed by atoms with Crippen molar-refractivity contribution in [1.29, 1.82) is 5.26 Å². The molecule has 0 saturated heterocycles. The van der Waals surface area contributed by atoms with E-state index in [1.807, 2.05) is 54.7 Å². The monoisotopic (exact) mass is 293 g/mol. The molecule has 1 aliphatic heterocycles. The van der Waals surface area contributed by atoms with E-state index in [1.165, 1.54) is 0 Å². The van der Waals surface area contributed by atoms with Crippen LogP contribution in [0, 0.1) is 11.5 Å². The molecule has 5 nitrogen and oxygen atoms in total. The molecule has 110 valence electrons. The Kier molecular flexibility index (Phi) is 3.92. The molecular formula is C17H15N3O2. The predicted octanol–water partition coefficient (Wildman–Crippen LogP) is 2.99. The first-order valence-electron chi connectivity index (χ1n) is 6.92. The summed E-state index contributed by atoms with van der Waals surface area (Å²) >= 11 is 0. The second-order valence-electron chi connectivity index (χ2n) is 4.84. The normalized spacial score (nSPS) is 14.3. The summed E-state index contributed by atoms with van der Waals surface area (Å²) in [7, 11) is 0. The summed E-state index contributed by atoms with van der Waals surface area (Å²) in [5.74, 6) is 2.00. The Morgan fingerprint density at radius 3 is 2.18 bits per heavy atom. The van der Waals surface area contributed by atoms with Crippen LogP contribution in [0.3, 0.4) is 0 Å². The average Bonchev–Trinajstić information content (AvgIpc) is 2.53. The topological polar surface area (TPSA) is 66.6 Å². The zero-order valence-corrected chi connectivity index (χ0v) is 12.1. The zero-order chi connectivity index (χ0) is 15.4. The van der Waals surface area contributed by atoms with Gasteiger partial charge in [-0.15, -0.1) is 0 Å². The van der Waals surface area contributed by atoms with Gasteiger partial charge in [-0.05, 0) is 19.1 Å². The molecule has 0 aliphatic carbocycles. The molecule has 0 spiro atoms. The van der Waals surface area contributed by atoms with E-state index in [4.69, 9.17) is 14.7 Å². The minimum atomic E-state index is -0.298. The maximum atomic E-state index is 8.77. The van der Waals surface area contributed by atoms with Crippen molar-refractivity contribution in [2.75, 3.05) is 6.79 Å². The highest BCUT2D eigenvalue weighted by molar-refractivity contribution is 5.81. The number of aliphatic imine (C=N–C) groups is 1.